The molecule has 1 aromatic rings. The number of nitrogens with zero attached hydrogens (tertiary/aromatic N) is 2. The van der Waals surface area contributed by atoms with Gasteiger partial charge in [-0.15, -0.1) is 0 Å². The molecule has 1 heterocycles. The van der Waals surface area contributed by atoms with E-state index < -0.39 is 6.10 Å². The molecule has 0 saturated carbocycles. The number of likely N-dealkylation sites (N-methyl/N-ethyl adjacent to an activating group) is 1. The van der Waals surface area contributed by atoms with Crippen LogP contribution in [0.4, 0.5) is 4.39 Å². The van der Waals surface area contributed by atoms with Crippen molar-refractivity contribution in [3.05, 3.63) is 35.6 Å². The highest BCUT2D eigenvalue weighted by atomic mass is 19.1. The quantitative estimate of drug-likeness (QED) is 0.833. The van der Waals surface area contributed by atoms with E-state index in [1.807, 2.05) is 6.07 Å². The van der Waals surface area contributed by atoms with Crippen LogP contribution >= 0.6 is 0 Å². The first-order valence-corrected chi connectivity index (χ1v) is 8.49. The second-order valence-corrected chi connectivity index (χ2v) is 6.59. The molecule has 0 amide bonds. The van der Waals surface area contributed by atoms with Crippen LogP contribution in [0.1, 0.15) is 26.3 Å². The average Bonchev–Trinajstić information content (AvgIpc) is 2.45. The summed E-state index contributed by atoms with van der Waals surface area (Å²) in [6.07, 6.45) is 0.00190. The Labute approximate surface area is 138 Å². The lowest BCUT2D eigenvalue weighted by Crippen LogP contribution is -2.49. The first-order valence-electron chi connectivity index (χ1n) is 8.49. The number of aliphatic hydroxyl groups is 1. The normalized spacial score (nSPS) is 24.1. The summed E-state index contributed by atoms with van der Waals surface area (Å²) in [4.78, 5) is 4.41. The van der Waals surface area contributed by atoms with Crippen LogP contribution in [0, 0.1) is 5.82 Å². The van der Waals surface area contributed by atoms with Gasteiger partial charge in [-0.2, -0.15) is 0 Å². The molecule has 4 nitrogen and oxygen atoms in total. The Kier molecular flexibility index (Phi) is 6.96. The summed E-state index contributed by atoms with van der Waals surface area (Å²) in [6.45, 7) is 10.6. The highest BCUT2D eigenvalue weighted by Crippen LogP contribution is 2.12. The van der Waals surface area contributed by atoms with Crippen LogP contribution in [-0.2, 0) is 11.3 Å². The van der Waals surface area contributed by atoms with E-state index in [2.05, 4.69) is 30.6 Å². The molecule has 1 fully saturated rings. The third-order valence-electron chi connectivity index (χ3n) is 4.18. The number of rotatable bonds is 7. The molecule has 5 heteroatoms. The minimum Gasteiger partial charge on any atom is -0.390 e. The van der Waals surface area contributed by atoms with Gasteiger partial charge in [-0.3, -0.25) is 9.80 Å². The third-order valence-corrected chi connectivity index (χ3v) is 4.18. The second-order valence-electron chi connectivity index (χ2n) is 6.59. The topological polar surface area (TPSA) is 35.9 Å². The van der Waals surface area contributed by atoms with Crippen molar-refractivity contribution in [1.82, 2.24) is 9.80 Å². The summed E-state index contributed by atoms with van der Waals surface area (Å²) < 4.78 is 19.0. The molecule has 1 saturated heterocycles. The first kappa shape index (κ1) is 18.3. The zero-order valence-electron chi connectivity index (χ0n) is 14.4. The van der Waals surface area contributed by atoms with Gasteiger partial charge in [0.1, 0.15) is 5.82 Å². The van der Waals surface area contributed by atoms with Gasteiger partial charge in [0.2, 0.25) is 0 Å². The van der Waals surface area contributed by atoms with Gasteiger partial charge < -0.3 is 9.84 Å². The Morgan fingerprint density at radius 1 is 1.35 bits per heavy atom. The van der Waals surface area contributed by atoms with Gasteiger partial charge in [0, 0.05) is 32.7 Å². The fourth-order valence-electron chi connectivity index (χ4n) is 3.29. The van der Waals surface area contributed by atoms with Gasteiger partial charge in [-0.25, -0.2) is 4.39 Å². The summed E-state index contributed by atoms with van der Waals surface area (Å²) in [5, 5.41) is 10.4. The lowest BCUT2D eigenvalue weighted by molar-refractivity contribution is -0.0780. The number of benzene rings is 1. The Morgan fingerprint density at radius 2 is 2.04 bits per heavy atom. The maximum atomic E-state index is 13.3. The number of hydrogen-bond acceptors (Lipinski definition) is 4. The Morgan fingerprint density at radius 3 is 2.65 bits per heavy atom. The maximum Gasteiger partial charge on any atom is 0.123 e. The van der Waals surface area contributed by atoms with Crippen LogP contribution in [0.25, 0.3) is 0 Å². The van der Waals surface area contributed by atoms with Crippen LogP contribution < -0.4 is 0 Å². The van der Waals surface area contributed by atoms with Crippen molar-refractivity contribution >= 4 is 0 Å². The molecule has 0 aromatic heterocycles. The monoisotopic (exact) mass is 324 g/mol. The zero-order chi connectivity index (χ0) is 16.8. The van der Waals surface area contributed by atoms with Crippen LogP contribution in [0.2, 0.25) is 0 Å². The summed E-state index contributed by atoms with van der Waals surface area (Å²) in [5.41, 5.74) is 0.938. The average molecular weight is 324 g/mol. The predicted octanol–water partition coefficient (Wildman–Crippen LogP) is 2.12. The van der Waals surface area contributed by atoms with Gasteiger partial charge >= 0.3 is 0 Å². The SMILES string of the molecule is CCN(Cc1cccc(F)c1)CC(O)CN1CC(C)OC(C)C1. The molecule has 1 aliphatic rings. The molecule has 0 aliphatic carbocycles. The Bertz CT molecular complexity index is 476. The number of aliphatic hydroxyl groups excluding tert-OH is 1. The molecule has 2 rings (SSSR count). The molecular formula is C18H29FN2O2. The van der Waals surface area contributed by atoms with Crippen molar-refractivity contribution in [2.45, 2.75) is 45.6 Å². The highest BCUT2D eigenvalue weighted by Gasteiger charge is 2.24. The molecular weight excluding hydrogens is 295 g/mol. The van der Waals surface area contributed by atoms with Crippen molar-refractivity contribution in [2.75, 3.05) is 32.7 Å². The molecule has 3 unspecified atom stereocenters. The molecule has 1 N–H and O–H groups in total. The van der Waals surface area contributed by atoms with Crippen molar-refractivity contribution in [3.8, 4) is 0 Å². The summed E-state index contributed by atoms with van der Waals surface area (Å²) in [7, 11) is 0. The van der Waals surface area contributed by atoms with E-state index in [4.69, 9.17) is 4.74 Å². The van der Waals surface area contributed by atoms with Crippen LogP contribution in [0.5, 0.6) is 0 Å². The van der Waals surface area contributed by atoms with Crippen molar-refractivity contribution in [1.29, 1.82) is 0 Å². The van der Waals surface area contributed by atoms with Crippen LogP contribution in [-0.4, -0.2) is 65.9 Å². The lowest BCUT2D eigenvalue weighted by Gasteiger charge is -2.37. The van der Waals surface area contributed by atoms with Gasteiger partial charge in [-0.05, 0) is 38.1 Å². The maximum absolute atomic E-state index is 13.3. The number of ether oxygens (including phenoxy) is 1. The molecule has 0 bridgehead atoms. The van der Waals surface area contributed by atoms with Gasteiger partial charge in [0.15, 0.2) is 0 Å². The molecule has 130 valence electrons. The largest absolute Gasteiger partial charge is 0.390 e. The Hall–Kier alpha value is -1.01. The summed E-state index contributed by atoms with van der Waals surface area (Å²) >= 11 is 0. The molecule has 0 radical (unpaired) electrons. The van der Waals surface area contributed by atoms with Gasteiger partial charge in [0.05, 0.1) is 18.3 Å². The van der Waals surface area contributed by atoms with Gasteiger partial charge in [-0.1, -0.05) is 19.1 Å². The summed E-state index contributed by atoms with van der Waals surface area (Å²) in [5.74, 6) is -0.213. The van der Waals surface area contributed by atoms with E-state index in [1.165, 1.54) is 6.07 Å². The minimum atomic E-state index is -0.416. The first-order chi connectivity index (χ1) is 11.0. The van der Waals surface area contributed by atoms with E-state index >= 15 is 0 Å². The fraction of sp³-hybridized carbons (Fsp3) is 0.667. The number of β-amino-alcohol motifs (C(OH)–C–C–N with tert-alkyl or cyclic N) is 1. The van der Waals surface area contributed by atoms with E-state index in [-0.39, 0.29) is 18.0 Å². The third kappa shape index (κ3) is 6.18. The molecule has 23 heavy (non-hydrogen) atoms. The standard InChI is InChI=1S/C18H29FN2O2/c1-4-20(11-16-6-5-7-17(19)8-16)12-18(22)13-21-9-14(2)23-15(3)10-21/h5-8,14-15,18,22H,4,9-13H2,1-3H3. The highest BCUT2D eigenvalue weighted by molar-refractivity contribution is 5.16. The molecule has 0 spiro atoms. The molecule has 1 aliphatic heterocycles. The predicted molar refractivity (Wildman–Crippen MR) is 89.8 cm³/mol. The van der Waals surface area contributed by atoms with Crippen LogP contribution in [0.15, 0.2) is 24.3 Å². The van der Waals surface area contributed by atoms with E-state index in [9.17, 15) is 9.50 Å². The fourth-order valence-corrected chi connectivity index (χ4v) is 3.29. The Balaban J connectivity index is 1.83. The number of hydrogen-bond donors (Lipinski definition) is 1. The van der Waals surface area contributed by atoms with Gasteiger partial charge in [0.25, 0.3) is 0 Å². The smallest absolute Gasteiger partial charge is 0.123 e. The molecule has 3 atom stereocenters. The number of morpholine rings is 1. The van der Waals surface area contributed by atoms with Crippen molar-refractivity contribution < 1.29 is 14.2 Å². The zero-order valence-corrected chi connectivity index (χ0v) is 14.4. The lowest BCUT2D eigenvalue weighted by atomic mass is 10.2. The van der Waals surface area contributed by atoms with Crippen molar-refractivity contribution in [2.24, 2.45) is 0 Å². The van der Waals surface area contributed by atoms with Crippen molar-refractivity contribution in [3.63, 3.8) is 0 Å². The molecule has 1 aromatic carbocycles. The van der Waals surface area contributed by atoms with E-state index in [0.717, 1.165) is 25.2 Å². The minimum absolute atomic E-state index is 0.209. The second kappa shape index (κ2) is 8.73. The van der Waals surface area contributed by atoms with E-state index in [0.29, 0.717) is 19.6 Å². The number of halogens is 1. The summed E-state index contributed by atoms with van der Waals surface area (Å²) in [6, 6.07) is 6.66. The van der Waals surface area contributed by atoms with Crippen LogP contribution in [0.3, 0.4) is 0 Å². The van der Waals surface area contributed by atoms with E-state index in [1.54, 1.807) is 12.1 Å².